The summed E-state index contributed by atoms with van der Waals surface area (Å²) in [5, 5.41) is 2.96. The molecule has 126 valence electrons. The summed E-state index contributed by atoms with van der Waals surface area (Å²) in [7, 11) is 0. The van der Waals surface area contributed by atoms with Crippen molar-refractivity contribution in [2.24, 2.45) is 0 Å². The van der Waals surface area contributed by atoms with Gasteiger partial charge in [-0.1, -0.05) is 48.0 Å². The number of benzene rings is 2. The van der Waals surface area contributed by atoms with Gasteiger partial charge in [-0.25, -0.2) is 4.79 Å². The number of fused-ring (bicyclic) bond motifs is 1. The highest BCUT2D eigenvalue weighted by molar-refractivity contribution is 5.68. The quantitative estimate of drug-likeness (QED) is 0.929. The van der Waals surface area contributed by atoms with E-state index in [1.807, 2.05) is 24.3 Å². The van der Waals surface area contributed by atoms with Crippen molar-refractivity contribution < 1.29 is 14.3 Å². The summed E-state index contributed by atoms with van der Waals surface area (Å²) >= 11 is 0. The van der Waals surface area contributed by atoms with Crippen LogP contribution < -0.4 is 10.1 Å². The van der Waals surface area contributed by atoms with Crippen molar-refractivity contribution in [3.05, 3.63) is 65.2 Å². The monoisotopic (exact) mass is 325 g/mol. The van der Waals surface area contributed by atoms with Gasteiger partial charge in [0.25, 0.3) is 0 Å². The van der Waals surface area contributed by atoms with Gasteiger partial charge in [0.05, 0.1) is 12.6 Å². The highest BCUT2D eigenvalue weighted by Gasteiger charge is 2.32. The van der Waals surface area contributed by atoms with Crippen molar-refractivity contribution >= 4 is 6.09 Å². The van der Waals surface area contributed by atoms with Crippen molar-refractivity contribution in [1.29, 1.82) is 0 Å². The molecule has 1 aliphatic rings. The third-order valence-corrected chi connectivity index (χ3v) is 4.35. The molecule has 2 unspecified atom stereocenters. The van der Waals surface area contributed by atoms with Crippen molar-refractivity contribution in [3.63, 3.8) is 0 Å². The van der Waals surface area contributed by atoms with Gasteiger partial charge in [-0.15, -0.1) is 0 Å². The van der Waals surface area contributed by atoms with Crippen LogP contribution in [-0.4, -0.2) is 25.3 Å². The second kappa shape index (κ2) is 7.39. The first-order valence-corrected chi connectivity index (χ1v) is 8.38. The summed E-state index contributed by atoms with van der Waals surface area (Å²) in [4.78, 5) is 11.9. The van der Waals surface area contributed by atoms with E-state index >= 15 is 0 Å². The third kappa shape index (κ3) is 3.70. The minimum absolute atomic E-state index is 0.112. The van der Waals surface area contributed by atoms with Crippen LogP contribution in [0.4, 0.5) is 4.79 Å². The van der Waals surface area contributed by atoms with Crippen LogP contribution in [-0.2, 0) is 11.2 Å². The minimum atomic E-state index is -0.389. The smallest absolute Gasteiger partial charge is 0.407 e. The summed E-state index contributed by atoms with van der Waals surface area (Å²) in [5.74, 6) is 1.06. The van der Waals surface area contributed by atoms with Crippen molar-refractivity contribution in [2.75, 3.05) is 13.2 Å². The van der Waals surface area contributed by atoms with E-state index in [9.17, 15) is 4.79 Å². The summed E-state index contributed by atoms with van der Waals surface area (Å²) in [5.41, 5.74) is 3.58. The number of amides is 1. The highest BCUT2D eigenvalue weighted by atomic mass is 16.5. The standard InChI is InChI=1S/C20H23NO3/c1-3-23-20(22)21-18-13-24-19-10-9-14(2)11-17(19)16(18)12-15-7-5-4-6-8-15/h4-11,16,18H,3,12-13H2,1-2H3,(H,21,22). The molecule has 4 heteroatoms. The molecule has 1 aliphatic heterocycles. The number of rotatable bonds is 4. The molecule has 0 radical (unpaired) electrons. The lowest BCUT2D eigenvalue weighted by atomic mass is 9.83. The number of nitrogens with one attached hydrogen (secondary N) is 1. The molecule has 0 aromatic heterocycles. The van der Waals surface area contributed by atoms with Gasteiger partial charge in [0.2, 0.25) is 0 Å². The average Bonchev–Trinajstić information content (AvgIpc) is 2.58. The van der Waals surface area contributed by atoms with Gasteiger partial charge in [0.1, 0.15) is 12.4 Å². The number of carbonyl (C=O) groups is 1. The molecule has 4 nitrogen and oxygen atoms in total. The summed E-state index contributed by atoms with van der Waals surface area (Å²) in [6, 6.07) is 16.4. The Morgan fingerprint density at radius 1 is 1.25 bits per heavy atom. The molecule has 0 spiro atoms. The predicted molar refractivity (Wildman–Crippen MR) is 93.5 cm³/mol. The maximum atomic E-state index is 11.9. The Morgan fingerprint density at radius 3 is 2.79 bits per heavy atom. The molecule has 24 heavy (non-hydrogen) atoms. The number of hydrogen-bond donors (Lipinski definition) is 1. The Balaban J connectivity index is 1.89. The van der Waals surface area contributed by atoms with E-state index in [-0.39, 0.29) is 18.1 Å². The van der Waals surface area contributed by atoms with Crippen molar-refractivity contribution in [2.45, 2.75) is 32.2 Å². The minimum Gasteiger partial charge on any atom is -0.491 e. The Hall–Kier alpha value is -2.49. The first-order valence-electron chi connectivity index (χ1n) is 8.38. The molecule has 0 saturated heterocycles. The second-order valence-corrected chi connectivity index (χ2v) is 6.12. The zero-order valence-electron chi connectivity index (χ0n) is 14.1. The average molecular weight is 325 g/mol. The predicted octanol–water partition coefficient (Wildman–Crippen LogP) is 3.83. The molecule has 3 rings (SSSR count). The van der Waals surface area contributed by atoms with Gasteiger partial charge >= 0.3 is 6.09 Å². The number of hydrogen-bond acceptors (Lipinski definition) is 3. The third-order valence-electron chi connectivity index (χ3n) is 4.35. The van der Waals surface area contributed by atoms with Crippen molar-refractivity contribution in [1.82, 2.24) is 5.32 Å². The molecule has 0 fully saturated rings. The molecule has 0 aliphatic carbocycles. The molecule has 2 aromatic rings. The van der Waals surface area contributed by atoms with Crippen LogP contribution in [0.25, 0.3) is 0 Å². The number of aryl methyl sites for hydroxylation is 1. The maximum absolute atomic E-state index is 11.9. The molecule has 2 aromatic carbocycles. The van der Waals surface area contributed by atoms with Crippen LogP contribution in [0.5, 0.6) is 5.75 Å². The number of carbonyl (C=O) groups excluding carboxylic acids is 1. The van der Waals surface area contributed by atoms with Crippen LogP contribution in [0.15, 0.2) is 48.5 Å². The van der Waals surface area contributed by atoms with Crippen molar-refractivity contribution in [3.8, 4) is 5.75 Å². The van der Waals surface area contributed by atoms with E-state index in [0.29, 0.717) is 13.2 Å². The zero-order chi connectivity index (χ0) is 16.9. The molecular weight excluding hydrogens is 302 g/mol. The molecule has 1 N–H and O–H groups in total. The molecular formula is C20H23NO3. The van der Waals surface area contributed by atoms with Gasteiger partial charge in [-0.2, -0.15) is 0 Å². The van der Waals surface area contributed by atoms with Gasteiger partial charge in [0.15, 0.2) is 0 Å². The van der Waals surface area contributed by atoms with E-state index in [1.54, 1.807) is 6.92 Å². The summed E-state index contributed by atoms with van der Waals surface area (Å²) < 4.78 is 10.9. The van der Waals surface area contributed by atoms with Crippen LogP contribution in [0.2, 0.25) is 0 Å². The molecule has 1 heterocycles. The summed E-state index contributed by atoms with van der Waals surface area (Å²) in [6.07, 6.45) is 0.456. The normalized spacial score (nSPS) is 19.1. The van der Waals surface area contributed by atoms with Gasteiger partial charge in [-0.05, 0) is 37.5 Å². The topological polar surface area (TPSA) is 47.6 Å². The maximum Gasteiger partial charge on any atom is 0.407 e. The van der Waals surface area contributed by atoms with Crippen LogP contribution in [0.3, 0.4) is 0 Å². The van der Waals surface area contributed by atoms with Gasteiger partial charge in [0, 0.05) is 5.92 Å². The van der Waals surface area contributed by atoms with Crippen LogP contribution >= 0.6 is 0 Å². The number of alkyl carbamates (subject to hydrolysis) is 1. The van der Waals surface area contributed by atoms with E-state index in [0.717, 1.165) is 17.7 Å². The Labute approximate surface area is 142 Å². The Morgan fingerprint density at radius 2 is 2.04 bits per heavy atom. The fraction of sp³-hybridized carbons (Fsp3) is 0.350. The Kier molecular flexibility index (Phi) is 5.04. The lowest BCUT2D eigenvalue weighted by Crippen LogP contribution is -2.46. The van der Waals surface area contributed by atoms with E-state index in [4.69, 9.17) is 9.47 Å². The molecule has 0 bridgehead atoms. The largest absolute Gasteiger partial charge is 0.491 e. The fourth-order valence-corrected chi connectivity index (χ4v) is 3.19. The van der Waals surface area contributed by atoms with Crippen LogP contribution in [0.1, 0.15) is 29.5 Å². The zero-order valence-corrected chi connectivity index (χ0v) is 14.1. The van der Waals surface area contributed by atoms with E-state index < -0.39 is 0 Å². The van der Waals surface area contributed by atoms with Crippen LogP contribution in [0, 0.1) is 6.92 Å². The Bertz CT molecular complexity index is 699. The summed E-state index contributed by atoms with van der Waals surface area (Å²) in [6.45, 7) is 4.68. The number of ether oxygens (including phenoxy) is 2. The highest BCUT2D eigenvalue weighted by Crippen LogP contribution is 2.36. The lowest BCUT2D eigenvalue weighted by molar-refractivity contribution is 0.135. The van der Waals surface area contributed by atoms with Gasteiger partial charge in [-0.3, -0.25) is 0 Å². The molecule has 0 saturated carbocycles. The fourth-order valence-electron chi connectivity index (χ4n) is 3.19. The lowest BCUT2D eigenvalue weighted by Gasteiger charge is -2.34. The van der Waals surface area contributed by atoms with E-state index in [2.05, 4.69) is 36.5 Å². The van der Waals surface area contributed by atoms with Gasteiger partial charge < -0.3 is 14.8 Å². The first kappa shape index (κ1) is 16.4. The van der Waals surface area contributed by atoms with E-state index in [1.165, 1.54) is 11.1 Å². The SMILES string of the molecule is CCOC(=O)NC1COc2ccc(C)cc2C1Cc1ccccc1. The molecule has 1 amide bonds. The molecule has 2 atom stereocenters. The first-order chi connectivity index (χ1) is 11.7. The second-order valence-electron chi connectivity index (χ2n) is 6.12.